The van der Waals surface area contributed by atoms with Crippen LogP contribution >= 0.6 is 11.8 Å². The number of rotatable bonds is 9. The summed E-state index contributed by atoms with van der Waals surface area (Å²) < 4.78 is 17.4. The highest BCUT2D eigenvalue weighted by atomic mass is 32.2. The van der Waals surface area contributed by atoms with Crippen molar-refractivity contribution < 1.29 is 14.2 Å². The van der Waals surface area contributed by atoms with Gasteiger partial charge in [-0.05, 0) is 39.0 Å². The fourth-order valence-corrected chi connectivity index (χ4v) is 3.72. The molecule has 158 valence electrons. The molecule has 2 heterocycles. The minimum absolute atomic E-state index is 0.231. The van der Waals surface area contributed by atoms with Gasteiger partial charge >= 0.3 is 0 Å². The molecule has 1 aliphatic heterocycles. The molecule has 0 saturated carbocycles. The number of imidazole rings is 1. The molecule has 0 aliphatic carbocycles. The van der Waals surface area contributed by atoms with Crippen molar-refractivity contribution in [3.05, 3.63) is 36.1 Å². The lowest BCUT2D eigenvalue weighted by molar-refractivity contribution is -0.265. The SMILES string of the molecule is C/C=C(\OCC1COC(C)(C)OC1)C(C)CN=CCSc1nc2ccccc2[nH]1. The smallest absolute Gasteiger partial charge is 0.166 e. The third-order valence-electron chi connectivity index (χ3n) is 4.76. The maximum absolute atomic E-state index is 6.03. The first-order valence-electron chi connectivity index (χ1n) is 10.1. The zero-order valence-corrected chi connectivity index (χ0v) is 18.5. The van der Waals surface area contributed by atoms with E-state index in [0.717, 1.165) is 27.7 Å². The Kier molecular flexibility index (Phi) is 7.75. The van der Waals surface area contributed by atoms with E-state index < -0.39 is 5.79 Å². The second kappa shape index (κ2) is 10.3. The van der Waals surface area contributed by atoms with Gasteiger partial charge in [-0.25, -0.2) is 4.98 Å². The third kappa shape index (κ3) is 6.59. The van der Waals surface area contributed by atoms with Crippen LogP contribution < -0.4 is 0 Å². The molecule has 1 fully saturated rings. The summed E-state index contributed by atoms with van der Waals surface area (Å²) in [6.07, 6.45) is 3.98. The molecule has 0 radical (unpaired) electrons. The number of allylic oxidation sites excluding steroid dienone is 1. The number of thioether (sulfide) groups is 1. The number of H-pyrrole nitrogens is 1. The second-order valence-electron chi connectivity index (χ2n) is 7.71. The molecule has 0 amide bonds. The van der Waals surface area contributed by atoms with Crippen LogP contribution in [0.4, 0.5) is 0 Å². The Morgan fingerprint density at radius 3 is 2.86 bits per heavy atom. The van der Waals surface area contributed by atoms with E-state index in [1.165, 1.54) is 0 Å². The highest BCUT2D eigenvalue weighted by Crippen LogP contribution is 2.22. The van der Waals surface area contributed by atoms with Gasteiger partial charge in [0, 0.05) is 30.3 Å². The summed E-state index contributed by atoms with van der Waals surface area (Å²) in [4.78, 5) is 12.4. The molecule has 1 aromatic heterocycles. The van der Waals surface area contributed by atoms with Crippen molar-refractivity contribution in [3.8, 4) is 0 Å². The van der Waals surface area contributed by atoms with Gasteiger partial charge in [-0.1, -0.05) is 30.8 Å². The van der Waals surface area contributed by atoms with E-state index in [2.05, 4.69) is 21.9 Å². The number of benzene rings is 1. The molecule has 1 atom stereocenters. The molecular formula is C22H31N3O3S. The Morgan fingerprint density at radius 2 is 2.14 bits per heavy atom. The van der Waals surface area contributed by atoms with E-state index in [1.807, 2.05) is 57.3 Å². The third-order valence-corrected chi connectivity index (χ3v) is 5.54. The molecule has 2 aromatic rings. The molecule has 29 heavy (non-hydrogen) atoms. The van der Waals surface area contributed by atoms with Crippen molar-refractivity contribution in [1.82, 2.24) is 9.97 Å². The number of fused-ring (bicyclic) bond motifs is 1. The Labute approximate surface area is 177 Å². The van der Waals surface area contributed by atoms with Gasteiger partial charge in [-0.2, -0.15) is 0 Å². The van der Waals surface area contributed by atoms with Gasteiger partial charge < -0.3 is 19.2 Å². The zero-order valence-electron chi connectivity index (χ0n) is 17.7. The van der Waals surface area contributed by atoms with Crippen molar-refractivity contribution in [2.24, 2.45) is 16.8 Å². The molecule has 1 N–H and O–H groups in total. The quantitative estimate of drug-likeness (QED) is 0.364. The molecule has 7 heteroatoms. The number of aromatic nitrogens is 2. The minimum atomic E-state index is -0.484. The molecule has 1 saturated heterocycles. The number of nitrogens with zero attached hydrogens (tertiary/aromatic N) is 2. The Balaban J connectivity index is 1.37. The van der Waals surface area contributed by atoms with Gasteiger partial charge in [0.05, 0.1) is 36.6 Å². The van der Waals surface area contributed by atoms with Crippen molar-refractivity contribution >= 4 is 29.0 Å². The van der Waals surface area contributed by atoms with Gasteiger partial charge in [0.1, 0.15) is 0 Å². The number of aromatic amines is 1. The van der Waals surface area contributed by atoms with Crippen molar-refractivity contribution in [2.75, 3.05) is 32.1 Å². The van der Waals surface area contributed by atoms with E-state index in [1.54, 1.807) is 11.8 Å². The van der Waals surface area contributed by atoms with Crippen LogP contribution in [0.1, 0.15) is 27.7 Å². The van der Waals surface area contributed by atoms with E-state index in [4.69, 9.17) is 14.2 Å². The summed E-state index contributed by atoms with van der Waals surface area (Å²) in [6.45, 7) is 10.6. The fraction of sp³-hybridized carbons (Fsp3) is 0.545. The average Bonchev–Trinajstić information content (AvgIpc) is 3.12. The molecule has 1 aromatic carbocycles. The Hall–Kier alpha value is -1.83. The zero-order chi connectivity index (χ0) is 20.7. The maximum atomic E-state index is 6.03. The van der Waals surface area contributed by atoms with Gasteiger partial charge in [-0.15, -0.1) is 0 Å². The van der Waals surface area contributed by atoms with Gasteiger partial charge in [0.25, 0.3) is 0 Å². The van der Waals surface area contributed by atoms with Crippen molar-refractivity contribution in [1.29, 1.82) is 0 Å². The lowest BCUT2D eigenvalue weighted by Gasteiger charge is -2.35. The predicted octanol–water partition coefficient (Wildman–Crippen LogP) is 4.68. The largest absolute Gasteiger partial charge is 0.497 e. The summed E-state index contributed by atoms with van der Waals surface area (Å²) in [5, 5.41) is 0.920. The number of ether oxygens (including phenoxy) is 3. The first-order valence-corrected chi connectivity index (χ1v) is 11.1. The van der Waals surface area contributed by atoms with Crippen LogP contribution in [0.3, 0.4) is 0 Å². The first kappa shape index (κ1) is 21.9. The molecule has 0 spiro atoms. The van der Waals surface area contributed by atoms with Crippen LogP contribution in [0.2, 0.25) is 0 Å². The van der Waals surface area contributed by atoms with Crippen molar-refractivity contribution in [2.45, 2.75) is 38.6 Å². The van der Waals surface area contributed by atoms with Crippen LogP contribution in [0.5, 0.6) is 0 Å². The standard InChI is InChI=1S/C22H31N3O3S/c1-5-20(26-13-17-14-27-22(3,4)28-15-17)16(2)12-23-10-11-29-21-24-18-8-6-7-9-19(18)25-21/h5-10,16-17H,11-15H2,1-4H3,(H,24,25)/b20-5-,23-10?. The van der Waals surface area contributed by atoms with Gasteiger partial charge in [0.15, 0.2) is 10.9 Å². The minimum Gasteiger partial charge on any atom is -0.497 e. The van der Waals surface area contributed by atoms with Crippen LogP contribution in [-0.2, 0) is 14.2 Å². The number of para-hydroxylation sites is 2. The molecule has 1 unspecified atom stereocenters. The molecule has 6 nitrogen and oxygen atoms in total. The molecule has 1 aliphatic rings. The van der Waals surface area contributed by atoms with E-state index in [9.17, 15) is 0 Å². The molecular weight excluding hydrogens is 386 g/mol. The van der Waals surface area contributed by atoms with Crippen molar-refractivity contribution in [3.63, 3.8) is 0 Å². The monoisotopic (exact) mass is 417 g/mol. The highest BCUT2D eigenvalue weighted by Gasteiger charge is 2.28. The topological polar surface area (TPSA) is 68.7 Å². The average molecular weight is 418 g/mol. The summed E-state index contributed by atoms with van der Waals surface area (Å²) in [6, 6.07) is 8.05. The number of hydrogen-bond donors (Lipinski definition) is 1. The Bertz CT molecular complexity index is 804. The van der Waals surface area contributed by atoms with Crippen LogP contribution in [-0.4, -0.2) is 54.1 Å². The number of aliphatic imine (C=N–C) groups is 1. The fourth-order valence-electron chi connectivity index (χ4n) is 3.04. The molecule has 0 bridgehead atoms. The number of hydrogen-bond acceptors (Lipinski definition) is 6. The maximum Gasteiger partial charge on any atom is 0.166 e. The summed E-state index contributed by atoms with van der Waals surface area (Å²) >= 11 is 1.65. The summed E-state index contributed by atoms with van der Waals surface area (Å²) in [7, 11) is 0. The van der Waals surface area contributed by atoms with Crippen LogP contribution in [0.25, 0.3) is 11.0 Å². The van der Waals surface area contributed by atoms with E-state index >= 15 is 0 Å². The number of nitrogens with one attached hydrogen (secondary N) is 1. The normalized spacial score (nSPS) is 19.1. The van der Waals surface area contributed by atoms with Crippen LogP contribution in [0.15, 0.2) is 46.2 Å². The van der Waals surface area contributed by atoms with Gasteiger partial charge in [-0.3, -0.25) is 4.99 Å². The first-order chi connectivity index (χ1) is 14.0. The molecule has 3 rings (SSSR count). The second-order valence-corrected chi connectivity index (χ2v) is 8.72. The van der Waals surface area contributed by atoms with Crippen LogP contribution in [0, 0.1) is 11.8 Å². The predicted molar refractivity (Wildman–Crippen MR) is 119 cm³/mol. The Morgan fingerprint density at radius 1 is 1.38 bits per heavy atom. The lowest BCUT2D eigenvalue weighted by atomic mass is 10.1. The summed E-state index contributed by atoms with van der Waals surface area (Å²) in [5.74, 6) is 1.76. The van der Waals surface area contributed by atoms with E-state index in [0.29, 0.717) is 26.4 Å². The highest BCUT2D eigenvalue weighted by molar-refractivity contribution is 7.99. The van der Waals surface area contributed by atoms with E-state index in [-0.39, 0.29) is 11.8 Å². The summed E-state index contributed by atoms with van der Waals surface area (Å²) in [5.41, 5.74) is 2.06. The lowest BCUT2D eigenvalue weighted by Crippen LogP contribution is -2.40. The van der Waals surface area contributed by atoms with Gasteiger partial charge in [0.2, 0.25) is 0 Å².